The van der Waals surface area contributed by atoms with Crippen molar-refractivity contribution in [3.63, 3.8) is 0 Å². The molecular weight excluding hydrogens is 942 g/mol. The molecule has 0 aliphatic carbocycles. The molecule has 0 spiro atoms. The molecule has 1 aromatic heterocycles. The van der Waals surface area contributed by atoms with Gasteiger partial charge in [0.2, 0.25) is 5.76 Å². The fourth-order valence-electron chi connectivity index (χ4n) is 6.97. The van der Waals surface area contributed by atoms with Gasteiger partial charge in [0.15, 0.2) is 5.89 Å². The molecule has 1 aliphatic rings. The Labute approximate surface area is 418 Å². The van der Waals surface area contributed by atoms with Gasteiger partial charge in [0.05, 0.1) is 30.2 Å². The summed E-state index contributed by atoms with van der Waals surface area (Å²) in [6, 6.07) is 23.0. The number of aromatic nitrogens is 1. The van der Waals surface area contributed by atoms with Crippen molar-refractivity contribution in [3.05, 3.63) is 147 Å². The Kier molecular flexibility index (Phi) is 24.2. The van der Waals surface area contributed by atoms with E-state index in [2.05, 4.69) is 27.6 Å². The number of rotatable bonds is 18. The molecule has 4 atom stereocenters. The van der Waals surface area contributed by atoms with Crippen molar-refractivity contribution in [2.45, 2.75) is 98.6 Å². The van der Waals surface area contributed by atoms with Crippen LogP contribution in [0, 0.1) is 35.8 Å². The van der Waals surface area contributed by atoms with Crippen molar-refractivity contribution >= 4 is 52.7 Å². The van der Waals surface area contributed by atoms with Gasteiger partial charge >= 0.3 is 17.9 Å². The number of hydrogen-bond acceptors (Lipinski definition) is 9. The number of carbonyl (C=O) groups excluding carboxylic acids is 2. The summed E-state index contributed by atoms with van der Waals surface area (Å²) < 4.78 is 38.5. The zero-order chi connectivity index (χ0) is 51.9. The molecule has 6 rings (SSSR count). The minimum Gasteiger partial charge on any atom is -0.481 e. The molecule has 372 valence electrons. The predicted octanol–water partition coefficient (Wildman–Crippen LogP) is 11.6. The molecule has 70 heavy (non-hydrogen) atoms. The summed E-state index contributed by atoms with van der Waals surface area (Å²) in [6.45, 7) is 11.1. The largest absolute Gasteiger partial charge is 0.481 e. The van der Waals surface area contributed by atoms with Crippen LogP contribution in [-0.2, 0) is 38.4 Å². The molecule has 5 N–H and O–H groups in total. The number of benzene rings is 4. The maximum Gasteiger partial charge on any atom is 0.333 e. The molecule has 0 unspecified atom stereocenters. The summed E-state index contributed by atoms with van der Waals surface area (Å²) in [5.41, 5.74) is 11.7. The number of amides is 1. The summed E-state index contributed by atoms with van der Waals surface area (Å²) in [5.74, 6) is -1.23. The van der Waals surface area contributed by atoms with Crippen molar-refractivity contribution in [3.8, 4) is 34.6 Å². The van der Waals surface area contributed by atoms with Crippen molar-refractivity contribution in [2.75, 3.05) is 6.61 Å². The molecule has 5 aromatic rings. The van der Waals surface area contributed by atoms with E-state index in [9.17, 15) is 33.1 Å². The Hall–Kier alpha value is -6.66. The zero-order valence-electron chi connectivity index (χ0n) is 40.1. The molecule has 12 nitrogen and oxygen atoms in total. The average molecular weight is 1000 g/mol. The van der Waals surface area contributed by atoms with E-state index < -0.39 is 29.8 Å². The second-order valence-electron chi connectivity index (χ2n) is 16.3. The molecule has 0 saturated heterocycles. The Bertz CT molecular complexity index is 2630. The van der Waals surface area contributed by atoms with Crippen LogP contribution in [0.3, 0.4) is 0 Å². The number of carboxylic acids is 2. The van der Waals surface area contributed by atoms with Crippen LogP contribution in [0.2, 0.25) is 10.0 Å². The van der Waals surface area contributed by atoms with E-state index in [0.29, 0.717) is 76.9 Å². The lowest BCUT2D eigenvalue weighted by atomic mass is 9.94. The number of carbonyl (C=O) groups is 4. The number of oxazole rings is 1. The molecule has 1 amide bonds. The van der Waals surface area contributed by atoms with Crippen LogP contribution in [0.1, 0.15) is 94.8 Å². The summed E-state index contributed by atoms with van der Waals surface area (Å²) in [7, 11) is 0. The van der Waals surface area contributed by atoms with Gasteiger partial charge < -0.3 is 30.4 Å². The molecule has 0 radical (unpaired) electrons. The van der Waals surface area contributed by atoms with Crippen molar-refractivity contribution in [1.29, 1.82) is 0 Å². The molecule has 1 aliphatic heterocycles. The van der Waals surface area contributed by atoms with E-state index in [1.165, 1.54) is 36.7 Å². The summed E-state index contributed by atoms with van der Waals surface area (Å²) in [4.78, 5) is 53.9. The first-order chi connectivity index (χ1) is 33.3. The maximum absolute atomic E-state index is 14.1. The lowest BCUT2D eigenvalue weighted by Crippen LogP contribution is -2.38. The van der Waals surface area contributed by atoms with E-state index >= 15 is 0 Å². The average Bonchev–Trinajstić information content (AvgIpc) is 4.03. The van der Waals surface area contributed by atoms with Gasteiger partial charge in [-0.2, -0.15) is 0 Å². The number of nitrogens with zero attached hydrogens (tertiary/aromatic N) is 2. The van der Waals surface area contributed by atoms with E-state index in [0.717, 1.165) is 28.8 Å². The van der Waals surface area contributed by atoms with Gasteiger partial charge in [0.1, 0.15) is 11.6 Å². The van der Waals surface area contributed by atoms with Gasteiger partial charge in [0.25, 0.3) is 5.91 Å². The maximum atomic E-state index is 14.1. The smallest absolute Gasteiger partial charge is 0.333 e. The number of nitrogens with two attached hydrogens (primary N) is 1. The van der Waals surface area contributed by atoms with Crippen LogP contribution < -0.4 is 11.1 Å². The standard InChI is InChI=1S/C24H24ClFN2O4.C20H23ClFNO2.C7H9NO2.C3H4/c1-3-22-27-13-21(32-22)23(29)28-18(10-14(2)24(30)31)11-15-4-6-16(7-5-15)19-12-17(25)8-9-20(19)26;1-3-25-20(24)13(2)10-17(23)11-14-4-6-15(7-5-14)18-12-16(21)8-9-19(18)22;1-2-6-3-5(4-8-6)7(9)10;1-3-2/h4-9,12-14,18H,3,10-11H2,1-2H3,(H,28,29)(H,30,31);4-9,12-13,17H,3,10-11,23H2,1-2H3;4H,2-3H2,1H3,(H,9,10);1H,2H3/t14-,18+;13-,17+;;/m11../s1. The van der Waals surface area contributed by atoms with Gasteiger partial charge in [-0.05, 0) is 105 Å². The van der Waals surface area contributed by atoms with Gasteiger partial charge in [-0.3, -0.25) is 19.4 Å². The quantitative estimate of drug-likeness (QED) is 0.0485. The van der Waals surface area contributed by atoms with E-state index in [-0.39, 0.29) is 41.7 Å². The first-order valence-electron chi connectivity index (χ1n) is 22.7. The zero-order valence-corrected chi connectivity index (χ0v) is 41.6. The van der Waals surface area contributed by atoms with Crippen molar-refractivity contribution < 1.29 is 47.3 Å². The van der Waals surface area contributed by atoms with Crippen LogP contribution in [0.4, 0.5) is 8.78 Å². The second kappa shape index (κ2) is 29.4. The van der Waals surface area contributed by atoms with Crippen LogP contribution in [0.5, 0.6) is 0 Å². The summed E-state index contributed by atoms with van der Waals surface area (Å²) in [6.07, 6.45) is 11.1. The highest BCUT2D eigenvalue weighted by molar-refractivity contribution is 6.31. The number of terminal acetylenes is 1. The highest BCUT2D eigenvalue weighted by Gasteiger charge is 2.23. The minimum absolute atomic E-state index is 0.0848. The number of aliphatic carboxylic acids is 2. The monoisotopic (exact) mass is 1000 g/mol. The molecule has 0 fully saturated rings. The Morgan fingerprint density at radius 1 is 0.829 bits per heavy atom. The topological polar surface area (TPSA) is 194 Å². The number of carboxylic acid groups (broad SMARTS) is 2. The number of nitrogens with one attached hydrogen (secondary N) is 1. The van der Waals surface area contributed by atoms with Gasteiger partial charge in [-0.1, -0.05) is 99.4 Å². The Morgan fingerprint density at radius 3 is 1.79 bits per heavy atom. The van der Waals surface area contributed by atoms with Crippen molar-refractivity contribution in [2.24, 2.45) is 22.6 Å². The van der Waals surface area contributed by atoms with Gasteiger partial charge in [-0.25, -0.2) is 18.6 Å². The molecule has 0 bridgehead atoms. The minimum atomic E-state index is -0.941. The lowest BCUT2D eigenvalue weighted by Gasteiger charge is -2.20. The number of aryl methyl sites for hydroxylation is 1. The van der Waals surface area contributed by atoms with Crippen molar-refractivity contribution in [1.82, 2.24) is 10.3 Å². The lowest BCUT2D eigenvalue weighted by molar-refractivity contribution is -0.147. The number of ether oxygens (including phenoxy) is 1. The molecule has 4 aromatic carbocycles. The van der Waals surface area contributed by atoms with E-state index in [1.807, 2.05) is 57.2 Å². The number of esters is 1. The fraction of sp³-hybridized carbons (Fsp3) is 0.333. The van der Waals surface area contributed by atoms with Gasteiger partial charge in [0, 0.05) is 58.0 Å². The first kappa shape index (κ1) is 57.7. The number of aliphatic imine (C=N–C) groups is 1. The predicted molar refractivity (Wildman–Crippen MR) is 271 cm³/mol. The van der Waals surface area contributed by atoms with Crippen LogP contribution in [0.25, 0.3) is 22.3 Å². The Balaban J connectivity index is 0.000000300. The molecule has 16 heteroatoms. The van der Waals surface area contributed by atoms with E-state index in [1.54, 1.807) is 45.0 Å². The normalized spacial score (nSPS) is 13.1. The van der Waals surface area contributed by atoms with Crippen LogP contribution in [-0.4, -0.2) is 63.4 Å². The highest BCUT2D eigenvalue weighted by atomic mass is 35.5. The third-order valence-electron chi connectivity index (χ3n) is 10.7. The fourth-order valence-corrected chi connectivity index (χ4v) is 7.31. The van der Waals surface area contributed by atoms with E-state index in [4.69, 9.17) is 43.2 Å². The van der Waals surface area contributed by atoms with Crippen LogP contribution >= 0.6 is 23.2 Å². The van der Waals surface area contributed by atoms with Gasteiger partial charge in [-0.15, -0.1) is 12.3 Å². The number of halogens is 4. The highest BCUT2D eigenvalue weighted by Crippen LogP contribution is 2.28. The molecule has 0 saturated carbocycles. The molecule has 2 heterocycles. The summed E-state index contributed by atoms with van der Waals surface area (Å²) in [5, 5.41) is 21.6. The number of hydrogen-bond donors (Lipinski definition) is 4. The first-order valence-corrected chi connectivity index (χ1v) is 23.4. The third-order valence-corrected chi connectivity index (χ3v) is 11.1. The Morgan fingerprint density at radius 2 is 1.36 bits per heavy atom. The second-order valence-corrected chi connectivity index (χ2v) is 17.2. The van der Waals surface area contributed by atoms with Crippen LogP contribution in [0.15, 0.2) is 112 Å². The summed E-state index contributed by atoms with van der Waals surface area (Å²) >= 11 is 11.9. The molecular formula is C54H60Cl2F2N4O8. The third kappa shape index (κ3) is 19.0. The SMILES string of the molecule is C#CC.CCC1=NC=C(C(=O)O)C1.CCOC(=O)[C@H](C)C[C@H](N)Cc1ccc(-c2cc(Cl)ccc2F)cc1.CCc1ncc(C(=O)N[C@H](Cc2ccc(-c3cc(Cl)ccc3F)cc2)C[C@@H](C)C(=O)O)o1.